The van der Waals surface area contributed by atoms with Gasteiger partial charge in [-0.25, -0.2) is 17.5 Å². The number of carbonyl (C=O) groups excluding carboxylic acids is 1. The minimum absolute atomic E-state index is 0.0535. The van der Waals surface area contributed by atoms with Crippen molar-refractivity contribution in [1.82, 2.24) is 9.62 Å². The predicted molar refractivity (Wildman–Crippen MR) is 94.7 cm³/mol. The van der Waals surface area contributed by atoms with Gasteiger partial charge in [-0.2, -0.15) is 0 Å². The molecule has 0 radical (unpaired) electrons. The van der Waals surface area contributed by atoms with E-state index in [-0.39, 0.29) is 12.3 Å². The second kappa shape index (κ2) is 8.22. The highest BCUT2D eigenvalue weighted by molar-refractivity contribution is 7.88. The van der Waals surface area contributed by atoms with Gasteiger partial charge in [0.1, 0.15) is 5.82 Å². The Kier molecular flexibility index (Phi) is 6.27. The molecule has 0 fully saturated rings. The second-order valence-corrected chi connectivity index (χ2v) is 7.71. The normalized spacial score (nSPS) is 12.6. The average molecular weight is 364 g/mol. The molecule has 2 aromatic rings. The van der Waals surface area contributed by atoms with Crippen LogP contribution >= 0.6 is 0 Å². The third kappa shape index (κ3) is 6.28. The molecule has 0 aromatic heterocycles. The summed E-state index contributed by atoms with van der Waals surface area (Å²) >= 11 is 0. The van der Waals surface area contributed by atoms with Crippen molar-refractivity contribution in [2.24, 2.45) is 0 Å². The standard InChI is InChI=1S/C18H21FN2O3S/c1-21(13-14-6-4-3-5-7-14)18(22)12-17(20-25(2,23)24)15-8-10-16(19)11-9-15/h3-11,17,20H,12-13H2,1-2H3. The van der Waals surface area contributed by atoms with Crippen molar-refractivity contribution in [1.29, 1.82) is 0 Å². The molecular weight excluding hydrogens is 343 g/mol. The van der Waals surface area contributed by atoms with E-state index in [0.29, 0.717) is 12.1 Å². The van der Waals surface area contributed by atoms with Crippen LogP contribution < -0.4 is 4.72 Å². The fourth-order valence-electron chi connectivity index (χ4n) is 2.46. The molecule has 0 heterocycles. The molecule has 1 amide bonds. The number of hydrogen-bond donors (Lipinski definition) is 1. The summed E-state index contributed by atoms with van der Waals surface area (Å²) in [6, 6.07) is 14.2. The Morgan fingerprint density at radius 3 is 2.28 bits per heavy atom. The van der Waals surface area contributed by atoms with Crippen LogP contribution in [0.5, 0.6) is 0 Å². The quantitative estimate of drug-likeness (QED) is 0.821. The molecule has 5 nitrogen and oxygen atoms in total. The molecule has 7 heteroatoms. The van der Waals surface area contributed by atoms with E-state index >= 15 is 0 Å². The van der Waals surface area contributed by atoms with E-state index in [1.54, 1.807) is 7.05 Å². The molecule has 2 aromatic carbocycles. The maximum atomic E-state index is 13.1. The first kappa shape index (κ1) is 19.1. The van der Waals surface area contributed by atoms with E-state index in [1.807, 2.05) is 30.3 Å². The van der Waals surface area contributed by atoms with E-state index in [1.165, 1.54) is 29.2 Å². The Hall–Kier alpha value is -2.25. The van der Waals surface area contributed by atoms with Gasteiger partial charge in [0, 0.05) is 20.0 Å². The average Bonchev–Trinajstić information content (AvgIpc) is 2.54. The van der Waals surface area contributed by atoms with Gasteiger partial charge in [-0.05, 0) is 23.3 Å². The van der Waals surface area contributed by atoms with Crippen molar-refractivity contribution < 1.29 is 17.6 Å². The van der Waals surface area contributed by atoms with Gasteiger partial charge in [-0.15, -0.1) is 0 Å². The number of sulfonamides is 1. The van der Waals surface area contributed by atoms with Crippen molar-refractivity contribution in [2.45, 2.75) is 19.0 Å². The highest BCUT2D eigenvalue weighted by Crippen LogP contribution is 2.20. The van der Waals surface area contributed by atoms with Gasteiger partial charge < -0.3 is 4.90 Å². The Morgan fingerprint density at radius 2 is 1.72 bits per heavy atom. The minimum atomic E-state index is -3.53. The van der Waals surface area contributed by atoms with E-state index in [2.05, 4.69) is 4.72 Å². The lowest BCUT2D eigenvalue weighted by molar-refractivity contribution is -0.130. The highest BCUT2D eigenvalue weighted by atomic mass is 32.2. The van der Waals surface area contributed by atoms with Crippen molar-refractivity contribution in [3.05, 3.63) is 71.5 Å². The minimum Gasteiger partial charge on any atom is -0.341 e. The Bertz CT molecular complexity index is 808. The third-order valence-corrected chi connectivity index (χ3v) is 4.41. The molecular formula is C18H21FN2O3S. The zero-order valence-corrected chi connectivity index (χ0v) is 15.0. The van der Waals surface area contributed by atoms with E-state index < -0.39 is 21.9 Å². The monoisotopic (exact) mass is 364 g/mol. The van der Waals surface area contributed by atoms with Crippen molar-refractivity contribution >= 4 is 15.9 Å². The first-order valence-electron chi connectivity index (χ1n) is 7.75. The predicted octanol–water partition coefficient (Wildman–Crippen LogP) is 2.46. The number of halogens is 1. The zero-order chi connectivity index (χ0) is 18.4. The SMILES string of the molecule is CN(Cc1ccccc1)C(=O)CC(NS(C)(=O)=O)c1ccc(F)cc1. The lowest BCUT2D eigenvalue weighted by Crippen LogP contribution is -2.34. The van der Waals surface area contributed by atoms with E-state index in [4.69, 9.17) is 0 Å². The molecule has 0 spiro atoms. The molecule has 2 rings (SSSR count). The van der Waals surface area contributed by atoms with Crippen LogP contribution in [0.4, 0.5) is 4.39 Å². The lowest BCUT2D eigenvalue weighted by Gasteiger charge is -2.22. The smallest absolute Gasteiger partial charge is 0.224 e. The van der Waals surface area contributed by atoms with Crippen LogP contribution in [0.2, 0.25) is 0 Å². The van der Waals surface area contributed by atoms with Crippen molar-refractivity contribution in [2.75, 3.05) is 13.3 Å². The largest absolute Gasteiger partial charge is 0.341 e. The van der Waals surface area contributed by atoms with E-state index in [9.17, 15) is 17.6 Å². The first-order valence-corrected chi connectivity index (χ1v) is 9.64. The summed E-state index contributed by atoms with van der Waals surface area (Å²) in [5, 5.41) is 0. The highest BCUT2D eigenvalue weighted by Gasteiger charge is 2.22. The number of benzene rings is 2. The van der Waals surface area contributed by atoms with Crippen molar-refractivity contribution in [3.8, 4) is 0 Å². The summed E-state index contributed by atoms with van der Waals surface area (Å²) in [4.78, 5) is 14.0. The van der Waals surface area contributed by atoms with Crippen LogP contribution in [0.15, 0.2) is 54.6 Å². The molecule has 0 aliphatic heterocycles. The van der Waals surface area contributed by atoms with E-state index in [0.717, 1.165) is 11.8 Å². The van der Waals surface area contributed by atoms with Gasteiger partial charge >= 0.3 is 0 Å². The molecule has 1 atom stereocenters. The lowest BCUT2D eigenvalue weighted by atomic mass is 10.0. The zero-order valence-electron chi connectivity index (χ0n) is 14.1. The molecule has 1 N–H and O–H groups in total. The van der Waals surface area contributed by atoms with Crippen LogP contribution in [0.3, 0.4) is 0 Å². The summed E-state index contributed by atoms with van der Waals surface area (Å²) in [6.07, 6.45) is 0.976. The number of nitrogens with one attached hydrogen (secondary N) is 1. The Labute approximate surface area is 147 Å². The summed E-state index contributed by atoms with van der Waals surface area (Å²) in [6.45, 7) is 0.425. The molecule has 25 heavy (non-hydrogen) atoms. The van der Waals surface area contributed by atoms with Gasteiger partial charge in [-0.1, -0.05) is 42.5 Å². The Balaban J connectivity index is 2.12. The van der Waals surface area contributed by atoms with Crippen LogP contribution in [-0.4, -0.2) is 32.5 Å². The summed E-state index contributed by atoms with van der Waals surface area (Å²) in [7, 11) is -1.86. The van der Waals surface area contributed by atoms with Crippen LogP contribution in [-0.2, 0) is 21.4 Å². The van der Waals surface area contributed by atoms with Gasteiger partial charge in [0.15, 0.2) is 0 Å². The van der Waals surface area contributed by atoms with Gasteiger partial charge in [0.2, 0.25) is 15.9 Å². The summed E-state index contributed by atoms with van der Waals surface area (Å²) in [5.74, 6) is -0.635. The number of nitrogens with zero attached hydrogens (tertiary/aromatic N) is 1. The van der Waals surface area contributed by atoms with Crippen molar-refractivity contribution in [3.63, 3.8) is 0 Å². The van der Waals surface area contributed by atoms with Gasteiger partial charge in [0.25, 0.3) is 0 Å². The first-order chi connectivity index (χ1) is 11.7. The second-order valence-electron chi connectivity index (χ2n) is 5.93. The molecule has 0 saturated carbocycles. The molecule has 0 aliphatic carbocycles. The maximum Gasteiger partial charge on any atom is 0.224 e. The molecule has 1 unspecified atom stereocenters. The fraction of sp³-hybridized carbons (Fsp3) is 0.278. The number of carbonyl (C=O) groups is 1. The van der Waals surface area contributed by atoms with Gasteiger partial charge in [0.05, 0.1) is 12.3 Å². The molecule has 0 saturated heterocycles. The molecule has 0 aliphatic rings. The molecule has 134 valence electrons. The Morgan fingerprint density at radius 1 is 1.12 bits per heavy atom. The number of rotatable bonds is 7. The fourth-order valence-corrected chi connectivity index (χ4v) is 3.19. The van der Waals surface area contributed by atoms with Crippen LogP contribution in [0.25, 0.3) is 0 Å². The summed E-state index contributed by atoms with van der Waals surface area (Å²) in [5.41, 5.74) is 1.51. The topological polar surface area (TPSA) is 66.5 Å². The van der Waals surface area contributed by atoms with Gasteiger partial charge in [-0.3, -0.25) is 4.79 Å². The summed E-state index contributed by atoms with van der Waals surface area (Å²) < 4.78 is 38.8. The molecule has 0 bridgehead atoms. The third-order valence-electron chi connectivity index (χ3n) is 3.70. The number of amides is 1. The van der Waals surface area contributed by atoms with Crippen LogP contribution in [0.1, 0.15) is 23.6 Å². The maximum absolute atomic E-state index is 13.1. The van der Waals surface area contributed by atoms with Crippen LogP contribution in [0, 0.1) is 5.82 Å². The number of hydrogen-bond acceptors (Lipinski definition) is 3.